The lowest BCUT2D eigenvalue weighted by atomic mass is 10.2. The maximum Gasteiger partial charge on any atom is 0.414 e. The van der Waals surface area contributed by atoms with Crippen LogP contribution < -0.4 is 15.4 Å². The molecular weight excluding hydrogens is 400 g/mol. The lowest BCUT2D eigenvalue weighted by Gasteiger charge is -2.27. The molecule has 0 bridgehead atoms. The molecule has 2 heterocycles. The summed E-state index contributed by atoms with van der Waals surface area (Å²) in [7, 11) is 0. The zero-order chi connectivity index (χ0) is 21.8. The van der Waals surface area contributed by atoms with Crippen LogP contribution in [-0.2, 0) is 9.47 Å². The minimum absolute atomic E-state index is 0.0313. The number of anilines is 1. The molecule has 2 aliphatic rings. The van der Waals surface area contributed by atoms with Gasteiger partial charge in [0.25, 0.3) is 5.91 Å². The quantitative estimate of drug-likeness (QED) is 0.540. The van der Waals surface area contributed by atoms with Crippen molar-refractivity contribution in [3.63, 3.8) is 0 Å². The Labute approximate surface area is 179 Å². The van der Waals surface area contributed by atoms with Crippen LogP contribution in [0.3, 0.4) is 0 Å². The average molecular weight is 424 g/mol. The fourth-order valence-electron chi connectivity index (χ4n) is 3.50. The van der Waals surface area contributed by atoms with Crippen LogP contribution in [0.25, 0.3) is 0 Å². The number of hydrogen-bond donors (Lipinski definition) is 2. The van der Waals surface area contributed by atoms with Crippen molar-refractivity contribution >= 4 is 23.5 Å². The smallest absolute Gasteiger partial charge is 0.414 e. The molecule has 2 fully saturated rings. The minimum atomic E-state index is -0.458. The number of cyclic esters (lactones) is 1. The summed E-state index contributed by atoms with van der Waals surface area (Å²) in [5, 5.41) is 7.45. The number of hydrogen-bond acceptors (Lipinski definition) is 6. The number of nitrogens with two attached hydrogens (primary N) is 1. The van der Waals surface area contributed by atoms with Crippen molar-refractivity contribution in [2.75, 3.05) is 44.4 Å². The van der Waals surface area contributed by atoms with Gasteiger partial charge in [0, 0.05) is 29.9 Å². The number of benzene rings is 2. The standard InChI is InChI=1S/C22H24N4O5/c23-20(24)15-4-6-17(7-5-15)26-13-19(31-22(26)28)14-30-18-3-1-2-16(12-18)21(27)25-8-10-29-11-9-25/h1-7,12,19H,8-11,13-14H2,(H3,23,24). The minimum Gasteiger partial charge on any atom is -0.490 e. The Morgan fingerprint density at radius 3 is 2.58 bits per heavy atom. The third kappa shape index (κ3) is 4.77. The number of rotatable bonds is 6. The molecule has 9 heteroatoms. The van der Waals surface area contributed by atoms with Crippen LogP contribution >= 0.6 is 0 Å². The molecule has 2 aromatic carbocycles. The van der Waals surface area contributed by atoms with Gasteiger partial charge in [-0.3, -0.25) is 15.1 Å². The fourth-order valence-corrected chi connectivity index (χ4v) is 3.50. The van der Waals surface area contributed by atoms with Gasteiger partial charge in [0.1, 0.15) is 18.2 Å². The predicted octanol–water partition coefficient (Wildman–Crippen LogP) is 1.85. The first-order chi connectivity index (χ1) is 15.0. The Morgan fingerprint density at radius 1 is 1.13 bits per heavy atom. The monoisotopic (exact) mass is 424 g/mol. The molecule has 0 saturated carbocycles. The second-order valence-corrected chi connectivity index (χ2v) is 7.32. The van der Waals surface area contributed by atoms with Gasteiger partial charge in [-0.2, -0.15) is 0 Å². The summed E-state index contributed by atoms with van der Waals surface area (Å²) in [6.07, 6.45) is -0.904. The molecule has 2 amide bonds. The van der Waals surface area contributed by atoms with E-state index in [0.717, 1.165) is 0 Å². The molecule has 2 aromatic rings. The molecule has 0 spiro atoms. The van der Waals surface area contributed by atoms with Gasteiger partial charge in [0.2, 0.25) is 0 Å². The average Bonchev–Trinajstić information content (AvgIpc) is 3.18. The van der Waals surface area contributed by atoms with E-state index < -0.39 is 12.2 Å². The Bertz CT molecular complexity index is 972. The van der Waals surface area contributed by atoms with E-state index in [9.17, 15) is 9.59 Å². The number of nitrogens with one attached hydrogen (secondary N) is 1. The second kappa shape index (κ2) is 9.05. The van der Waals surface area contributed by atoms with E-state index in [-0.39, 0.29) is 18.3 Å². The summed E-state index contributed by atoms with van der Waals surface area (Å²) in [5.74, 6) is 0.455. The molecule has 0 radical (unpaired) electrons. The van der Waals surface area contributed by atoms with E-state index in [4.69, 9.17) is 25.4 Å². The summed E-state index contributed by atoms with van der Waals surface area (Å²) < 4.78 is 16.5. The summed E-state index contributed by atoms with van der Waals surface area (Å²) in [6, 6.07) is 13.8. The van der Waals surface area contributed by atoms with Gasteiger partial charge in [0.05, 0.1) is 19.8 Å². The molecule has 0 aromatic heterocycles. The van der Waals surface area contributed by atoms with Crippen molar-refractivity contribution in [2.24, 2.45) is 5.73 Å². The fraction of sp³-hybridized carbons (Fsp3) is 0.318. The number of ether oxygens (including phenoxy) is 3. The molecule has 3 N–H and O–H groups in total. The third-order valence-electron chi connectivity index (χ3n) is 5.18. The first-order valence-corrected chi connectivity index (χ1v) is 10.0. The van der Waals surface area contributed by atoms with E-state index in [1.807, 2.05) is 0 Å². The highest BCUT2D eigenvalue weighted by atomic mass is 16.6. The van der Waals surface area contributed by atoms with Crippen molar-refractivity contribution in [3.8, 4) is 5.75 Å². The summed E-state index contributed by atoms with van der Waals surface area (Å²) in [4.78, 5) is 28.2. The highest BCUT2D eigenvalue weighted by Gasteiger charge is 2.33. The van der Waals surface area contributed by atoms with Gasteiger partial charge < -0.3 is 24.8 Å². The Morgan fingerprint density at radius 2 is 1.87 bits per heavy atom. The van der Waals surface area contributed by atoms with Crippen molar-refractivity contribution in [1.29, 1.82) is 5.41 Å². The van der Waals surface area contributed by atoms with Crippen molar-refractivity contribution in [3.05, 3.63) is 59.7 Å². The van der Waals surface area contributed by atoms with E-state index in [1.54, 1.807) is 53.4 Å². The zero-order valence-corrected chi connectivity index (χ0v) is 17.0. The molecule has 1 atom stereocenters. The first-order valence-electron chi connectivity index (χ1n) is 10.0. The molecule has 162 valence electrons. The second-order valence-electron chi connectivity index (χ2n) is 7.32. The molecular formula is C22H24N4O5. The van der Waals surface area contributed by atoms with E-state index >= 15 is 0 Å². The van der Waals surface area contributed by atoms with Crippen molar-refractivity contribution in [1.82, 2.24) is 4.90 Å². The summed E-state index contributed by atoms with van der Waals surface area (Å²) >= 11 is 0. The number of morpholine rings is 1. The van der Waals surface area contributed by atoms with Crippen LogP contribution in [0, 0.1) is 5.41 Å². The van der Waals surface area contributed by atoms with Crippen LogP contribution in [0.1, 0.15) is 15.9 Å². The van der Waals surface area contributed by atoms with Gasteiger partial charge in [-0.05, 0) is 42.5 Å². The van der Waals surface area contributed by atoms with Gasteiger partial charge in [-0.15, -0.1) is 0 Å². The van der Waals surface area contributed by atoms with Crippen LogP contribution in [0.2, 0.25) is 0 Å². The lowest BCUT2D eigenvalue weighted by molar-refractivity contribution is 0.0302. The number of amides is 2. The van der Waals surface area contributed by atoms with Crippen LogP contribution in [0.5, 0.6) is 5.75 Å². The Kier molecular flexibility index (Phi) is 6.03. The maximum absolute atomic E-state index is 12.6. The Balaban J connectivity index is 1.35. The highest BCUT2D eigenvalue weighted by molar-refractivity contribution is 5.96. The van der Waals surface area contributed by atoms with Crippen LogP contribution in [-0.4, -0.2) is 68.3 Å². The van der Waals surface area contributed by atoms with E-state index in [2.05, 4.69) is 0 Å². The molecule has 2 saturated heterocycles. The maximum atomic E-state index is 12.6. The highest BCUT2D eigenvalue weighted by Crippen LogP contribution is 2.23. The Hall–Kier alpha value is -3.59. The predicted molar refractivity (Wildman–Crippen MR) is 114 cm³/mol. The van der Waals surface area contributed by atoms with Gasteiger partial charge in [0.15, 0.2) is 6.10 Å². The molecule has 4 rings (SSSR count). The summed E-state index contributed by atoms with van der Waals surface area (Å²) in [5.41, 5.74) is 7.26. The zero-order valence-electron chi connectivity index (χ0n) is 17.0. The number of amidine groups is 1. The first kappa shape index (κ1) is 20.7. The van der Waals surface area contributed by atoms with Gasteiger partial charge in [-0.25, -0.2) is 4.79 Å². The summed E-state index contributed by atoms with van der Waals surface area (Å²) in [6.45, 7) is 2.75. The van der Waals surface area contributed by atoms with Crippen LogP contribution in [0.4, 0.5) is 10.5 Å². The molecule has 2 aliphatic heterocycles. The van der Waals surface area contributed by atoms with Crippen molar-refractivity contribution in [2.45, 2.75) is 6.10 Å². The lowest BCUT2D eigenvalue weighted by Crippen LogP contribution is -2.40. The van der Waals surface area contributed by atoms with Crippen molar-refractivity contribution < 1.29 is 23.8 Å². The molecule has 1 unspecified atom stereocenters. The normalized spacial score (nSPS) is 18.6. The van der Waals surface area contributed by atoms with Gasteiger partial charge >= 0.3 is 6.09 Å². The number of carbonyl (C=O) groups is 2. The number of nitrogen functional groups attached to an aromatic ring is 1. The molecule has 9 nitrogen and oxygen atoms in total. The third-order valence-corrected chi connectivity index (χ3v) is 5.18. The van der Waals surface area contributed by atoms with E-state index in [1.165, 1.54) is 4.90 Å². The molecule has 0 aliphatic carbocycles. The topological polar surface area (TPSA) is 118 Å². The molecule has 31 heavy (non-hydrogen) atoms. The largest absolute Gasteiger partial charge is 0.490 e. The number of carbonyl (C=O) groups excluding carboxylic acids is 2. The van der Waals surface area contributed by atoms with Crippen LogP contribution in [0.15, 0.2) is 48.5 Å². The number of nitrogens with zero attached hydrogens (tertiary/aromatic N) is 2. The van der Waals surface area contributed by atoms with Gasteiger partial charge in [-0.1, -0.05) is 6.07 Å². The van der Waals surface area contributed by atoms with E-state index in [0.29, 0.717) is 55.4 Å². The SMILES string of the molecule is N=C(N)c1ccc(N2CC(COc3cccc(C(=O)N4CCOCC4)c3)OC2=O)cc1.